The van der Waals surface area contributed by atoms with Gasteiger partial charge in [-0.05, 0) is 18.2 Å². The number of aromatic nitrogens is 2. The largest absolute Gasteiger partial charge is 0.298 e. The van der Waals surface area contributed by atoms with Gasteiger partial charge in [0.15, 0.2) is 16.1 Å². The summed E-state index contributed by atoms with van der Waals surface area (Å²) in [5, 5.41) is 6.77. The molecule has 0 unspecified atom stereocenters. The van der Waals surface area contributed by atoms with Gasteiger partial charge in [0.1, 0.15) is 0 Å². The van der Waals surface area contributed by atoms with Crippen LogP contribution in [0.25, 0.3) is 11.3 Å². The molecule has 1 aromatic carbocycles. The Kier molecular flexibility index (Phi) is 3.73. The van der Waals surface area contributed by atoms with E-state index in [1.54, 1.807) is 6.92 Å². The van der Waals surface area contributed by atoms with E-state index in [2.05, 4.69) is 10.2 Å². The van der Waals surface area contributed by atoms with Crippen LogP contribution in [0.5, 0.6) is 0 Å². The number of nitrogens with zero attached hydrogens (tertiary/aromatic N) is 1. The molecular formula is C12H11ClN2O3S. The zero-order valence-electron chi connectivity index (χ0n) is 10.1. The molecule has 1 N–H and O–H groups in total. The van der Waals surface area contributed by atoms with E-state index in [0.29, 0.717) is 22.6 Å². The maximum absolute atomic E-state index is 12.1. The average molecular weight is 299 g/mol. The molecule has 0 radical (unpaired) electrons. The Balaban J connectivity index is 2.76. The van der Waals surface area contributed by atoms with Crippen molar-refractivity contribution in [3.8, 4) is 11.3 Å². The molecule has 0 atom stereocenters. The molecule has 1 aromatic heterocycles. The first-order valence-corrected chi connectivity index (χ1v) is 7.54. The highest BCUT2D eigenvalue weighted by atomic mass is 35.5. The molecule has 100 valence electrons. The van der Waals surface area contributed by atoms with Gasteiger partial charge in [-0.3, -0.25) is 9.89 Å². The van der Waals surface area contributed by atoms with Gasteiger partial charge >= 0.3 is 0 Å². The minimum Gasteiger partial charge on any atom is -0.298 e. The van der Waals surface area contributed by atoms with Crippen LogP contribution in [0.15, 0.2) is 29.3 Å². The van der Waals surface area contributed by atoms with Crippen LogP contribution in [0.4, 0.5) is 0 Å². The zero-order valence-corrected chi connectivity index (χ0v) is 11.6. The molecule has 0 aliphatic rings. The van der Waals surface area contributed by atoms with Crippen molar-refractivity contribution in [1.29, 1.82) is 0 Å². The van der Waals surface area contributed by atoms with Crippen LogP contribution in [-0.4, -0.2) is 30.7 Å². The van der Waals surface area contributed by atoms with Gasteiger partial charge in [-0.1, -0.05) is 18.5 Å². The van der Waals surface area contributed by atoms with Crippen molar-refractivity contribution in [2.45, 2.75) is 11.8 Å². The van der Waals surface area contributed by atoms with E-state index in [0.717, 1.165) is 0 Å². The first kappa shape index (κ1) is 13.8. The zero-order chi connectivity index (χ0) is 14.0. The summed E-state index contributed by atoms with van der Waals surface area (Å²) in [6, 6.07) is 4.45. The van der Waals surface area contributed by atoms with Crippen molar-refractivity contribution in [3.05, 3.63) is 35.0 Å². The fourth-order valence-electron chi connectivity index (χ4n) is 1.72. The first-order chi connectivity index (χ1) is 8.99. The number of hydrogen-bond donors (Lipinski definition) is 1. The van der Waals surface area contributed by atoms with Gasteiger partial charge in [-0.15, -0.1) is 0 Å². The van der Waals surface area contributed by atoms with Gasteiger partial charge in [-0.25, -0.2) is 8.42 Å². The Bertz CT molecular complexity index is 722. The third-order valence-electron chi connectivity index (χ3n) is 2.72. The maximum atomic E-state index is 12.1. The van der Waals surface area contributed by atoms with Crippen molar-refractivity contribution in [2.75, 3.05) is 5.75 Å². The summed E-state index contributed by atoms with van der Waals surface area (Å²) in [5.74, 6) is -0.0355. The summed E-state index contributed by atoms with van der Waals surface area (Å²) >= 11 is 5.91. The third kappa shape index (κ3) is 2.54. The summed E-state index contributed by atoms with van der Waals surface area (Å²) in [5.41, 5.74) is 0.994. The number of benzene rings is 1. The van der Waals surface area contributed by atoms with Gasteiger partial charge in [0.05, 0.1) is 28.1 Å². The Morgan fingerprint density at radius 2 is 2.16 bits per heavy atom. The van der Waals surface area contributed by atoms with Gasteiger partial charge in [0, 0.05) is 10.6 Å². The molecule has 1 heterocycles. The molecule has 0 spiro atoms. The lowest BCUT2D eigenvalue weighted by Crippen LogP contribution is -2.06. The van der Waals surface area contributed by atoms with E-state index in [9.17, 15) is 13.2 Å². The molecule has 0 fully saturated rings. The highest BCUT2D eigenvalue weighted by Crippen LogP contribution is 2.31. The second-order valence-corrected chi connectivity index (χ2v) is 6.55. The average Bonchev–Trinajstić information content (AvgIpc) is 2.86. The molecule has 0 saturated heterocycles. The lowest BCUT2D eigenvalue weighted by atomic mass is 10.1. The van der Waals surface area contributed by atoms with Gasteiger partial charge in [-0.2, -0.15) is 5.10 Å². The number of hydrogen-bond acceptors (Lipinski definition) is 4. The summed E-state index contributed by atoms with van der Waals surface area (Å²) in [4.78, 5) is 11.1. The molecule has 2 aromatic rings. The van der Waals surface area contributed by atoms with Crippen LogP contribution in [0.3, 0.4) is 0 Å². The Morgan fingerprint density at radius 3 is 2.79 bits per heavy atom. The van der Waals surface area contributed by atoms with E-state index >= 15 is 0 Å². The molecule has 0 bridgehead atoms. The number of carbonyl (C=O) groups is 1. The smallest absolute Gasteiger partial charge is 0.178 e. The normalized spacial score (nSPS) is 11.5. The van der Waals surface area contributed by atoms with E-state index < -0.39 is 9.84 Å². The lowest BCUT2D eigenvalue weighted by Gasteiger charge is -2.09. The number of rotatable bonds is 4. The van der Waals surface area contributed by atoms with Crippen molar-refractivity contribution in [3.63, 3.8) is 0 Å². The van der Waals surface area contributed by atoms with Crippen LogP contribution in [-0.2, 0) is 9.84 Å². The van der Waals surface area contributed by atoms with E-state index in [-0.39, 0.29) is 16.2 Å². The second kappa shape index (κ2) is 5.14. The molecule has 0 amide bonds. The molecule has 7 heteroatoms. The highest BCUT2D eigenvalue weighted by molar-refractivity contribution is 7.91. The monoisotopic (exact) mass is 298 g/mol. The molecule has 19 heavy (non-hydrogen) atoms. The topological polar surface area (TPSA) is 79.9 Å². The number of sulfone groups is 1. The Hall–Kier alpha value is -1.66. The summed E-state index contributed by atoms with van der Waals surface area (Å²) in [7, 11) is -3.42. The van der Waals surface area contributed by atoms with E-state index in [1.807, 2.05) is 0 Å². The quantitative estimate of drug-likeness (QED) is 0.879. The predicted molar refractivity (Wildman–Crippen MR) is 72.1 cm³/mol. The fourth-order valence-corrected chi connectivity index (χ4v) is 2.98. The van der Waals surface area contributed by atoms with Crippen LogP contribution in [0, 0.1) is 0 Å². The number of carbonyl (C=O) groups excluding carboxylic acids is 1. The van der Waals surface area contributed by atoms with Gasteiger partial charge in [0.2, 0.25) is 0 Å². The third-order valence-corrected chi connectivity index (χ3v) is 4.74. The molecule has 2 rings (SSSR count). The minimum atomic E-state index is -3.42. The summed E-state index contributed by atoms with van der Waals surface area (Å²) in [6.45, 7) is 1.56. The molecule has 0 aliphatic heterocycles. The SMILES string of the molecule is CCS(=O)(=O)c1ccc(Cl)cc1-c1[nH]ncc1C=O. The predicted octanol–water partition coefficient (Wildman–Crippen LogP) is 2.34. The number of aldehydes is 1. The standard InChI is InChI=1S/C12H11ClN2O3S/c1-2-19(17,18)11-4-3-9(13)5-10(11)12-8(7-16)6-14-15-12/h3-7H,2H2,1H3,(H,14,15). The number of nitrogens with one attached hydrogen (secondary N) is 1. The fraction of sp³-hybridized carbons (Fsp3) is 0.167. The maximum Gasteiger partial charge on any atom is 0.178 e. The van der Waals surface area contributed by atoms with Gasteiger partial charge in [0.25, 0.3) is 0 Å². The lowest BCUT2D eigenvalue weighted by molar-refractivity contribution is 0.112. The summed E-state index contributed by atoms with van der Waals surface area (Å²) in [6.07, 6.45) is 1.95. The highest BCUT2D eigenvalue weighted by Gasteiger charge is 2.20. The van der Waals surface area contributed by atoms with Crippen LogP contribution >= 0.6 is 11.6 Å². The van der Waals surface area contributed by atoms with Crippen LogP contribution in [0.2, 0.25) is 5.02 Å². The van der Waals surface area contributed by atoms with Crippen LogP contribution in [0.1, 0.15) is 17.3 Å². The number of H-pyrrole nitrogens is 1. The van der Waals surface area contributed by atoms with Crippen LogP contribution < -0.4 is 0 Å². The first-order valence-electron chi connectivity index (χ1n) is 5.51. The van der Waals surface area contributed by atoms with Crippen molar-refractivity contribution < 1.29 is 13.2 Å². The minimum absolute atomic E-state index is 0.0355. The molecule has 0 saturated carbocycles. The molecule has 5 nitrogen and oxygen atoms in total. The number of halogens is 1. The Morgan fingerprint density at radius 1 is 1.42 bits per heavy atom. The molecular weight excluding hydrogens is 288 g/mol. The Labute approximate surface area is 115 Å². The van der Waals surface area contributed by atoms with Crippen molar-refractivity contribution in [1.82, 2.24) is 10.2 Å². The second-order valence-electron chi connectivity index (χ2n) is 3.86. The van der Waals surface area contributed by atoms with Crippen molar-refractivity contribution >= 4 is 27.7 Å². The van der Waals surface area contributed by atoms with E-state index in [4.69, 9.17) is 11.6 Å². The summed E-state index contributed by atoms with van der Waals surface area (Å²) < 4.78 is 24.1. The van der Waals surface area contributed by atoms with Crippen molar-refractivity contribution in [2.24, 2.45) is 0 Å². The van der Waals surface area contributed by atoms with E-state index in [1.165, 1.54) is 24.4 Å². The van der Waals surface area contributed by atoms with Gasteiger partial charge < -0.3 is 0 Å². The molecule has 0 aliphatic carbocycles. The number of aromatic amines is 1.